The lowest BCUT2D eigenvalue weighted by atomic mass is 9.87. The van der Waals surface area contributed by atoms with Crippen molar-refractivity contribution >= 4 is 11.9 Å². The molecule has 1 saturated carbocycles. The molecule has 0 radical (unpaired) electrons. The van der Waals surface area contributed by atoms with Crippen molar-refractivity contribution < 1.29 is 14.7 Å². The first-order valence-corrected chi connectivity index (χ1v) is 7.68. The molecule has 2 rings (SSSR count). The molecule has 0 aromatic carbocycles. The Kier molecular flexibility index (Phi) is 5.02. The van der Waals surface area contributed by atoms with Gasteiger partial charge in [-0.2, -0.15) is 0 Å². The number of aliphatic carboxylic acids is 1. The summed E-state index contributed by atoms with van der Waals surface area (Å²) in [5.41, 5.74) is 0. The first kappa shape index (κ1) is 15.3. The molecule has 0 spiro atoms. The van der Waals surface area contributed by atoms with E-state index >= 15 is 0 Å². The monoisotopic (exact) mass is 282 g/mol. The van der Waals surface area contributed by atoms with Crippen LogP contribution in [-0.2, 0) is 9.59 Å². The van der Waals surface area contributed by atoms with Gasteiger partial charge < -0.3 is 10.0 Å². The van der Waals surface area contributed by atoms with Crippen molar-refractivity contribution in [3.8, 4) is 0 Å². The maximum absolute atomic E-state index is 12.3. The molecule has 1 N–H and O–H groups in total. The zero-order valence-electron chi connectivity index (χ0n) is 12.5. The summed E-state index contributed by atoms with van der Waals surface area (Å²) >= 11 is 0. The lowest BCUT2D eigenvalue weighted by Gasteiger charge is -2.34. The molecule has 2 fully saturated rings. The number of carbonyl (C=O) groups excluding carboxylic acids is 1. The van der Waals surface area contributed by atoms with Crippen molar-refractivity contribution in [1.29, 1.82) is 0 Å². The number of nitrogens with zero attached hydrogens (tertiary/aromatic N) is 2. The first-order chi connectivity index (χ1) is 9.47. The smallest absolute Gasteiger partial charge is 0.307 e. The van der Waals surface area contributed by atoms with Crippen LogP contribution >= 0.6 is 0 Å². The molecule has 1 aliphatic carbocycles. The van der Waals surface area contributed by atoms with E-state index < -0.39 is 5.97 Å². The van der Waals surface area contributed by atoms with Gasteiger partial charge in [-0.25, -0.2) is 0 Å². The second kappa shape index (κ2) is 6.57. The molecule has 0 aromatic heterocycles. The van der Waals surface area contributed by atoms with Crippen LogP contribution in [0.3, 0.4) is 0 Å². The molecule has 20 heavy (non-hydrogen) atoms. The third-order valence-corrected chi connectivity index (χ3v) is 4.91. The highest BCUT2D eigenvalue weighted by Crippen LogP contribution is 2.26. The number of rotatable bonds is 4. The van der Waals surface area contributed by atoms with Gasteiger partial charge in [0, 0.05) is 19.6 Å². The molecule has 5 nitrogen and oxygen atoms in total. The van der Waals surface area contributed by atoms with Gasteiger partial charge in [0.1, 0.15) is 0 Å². The summed E-state index contributed by atoms with van der Waals surface area (Å²) in [6.07, 6.45) is 5.26. The zero-order chi connectivity index (χ0) is 14.7. The van der Waals surface area contributed by atoms with Crippen molar-refractivity contribution in [1.82, 2.24) is 9.80 Å². The van der Waals surface area contributed by atoms with Gasteiger partial charge in [0.2, 0.25) is 5.91 Å². The number of likely N-dealkylation sites (N-methyl/N-ethyl adjacent to an activating group) is 1. The van der Waals surface area contributed by atoms with E-state index in [1.165, 1.54) is 12.8 Å². The van der Waals surface area contributed by atoms with Gasteiger partial charge in [0.05, 0.1) is 12.5 Å². The maximum Gasteiger partial charge on any atom is 0.307 e. The summed E-state index contributed by atoms with van der Waals surface area (Å²) in [5, 5.41) is 8.98. The highest BCUT2D eigenvalue weighted by molar-refractivity contribution is 5.78. The molecule has 0 bridgehead atoms. The number of carbonyl (C=O) groups is 2. The van der Waals surface area contributed by atoms with Gasteiger partial charge in [-0.05, 0) is 44.6 Å². The zero-order valence-corrected chi connectivity index (χ0v) is 12.5. The average molecular weight is 282 g/mol. The third kappa shape index (κ3) is 3.72. The van der Waals surface area contributed by atoms with E-state index in [0.717, 1.165) is 25.3 Å². The summed E-state index contributed by atoms with van der Waals surface area (Å²) < 4.78 is 0. The van der Waals surface area contributed by atoms with Crippen molar-refractivity contribution in [3.05, 3.63) is 0 Å². The number of amides is 1. The molecular formula is C15H26N2O3. The summed E-state index contributed by atoms with van der Waals surface area (Å²) in [6, 6.07) is 0.372. The quantitative estimate of drug-likeness (QED) is 0.847. The van der Waals surface area contributed by atoms with Crippen LogP contribution in [0.5, 0.6) is 0 Å². The van der Waals surface area contributed by atoms with E-state index in [1.54, 1.807) is 0 Å². The van der Waals surface area contributed by atoms with E-state index in [2.05, 4.69) is 6.92 Å². The second-order valence-corrected chi connectivity index (χ2v) is 6.48. The molecule has 0 unspecified atom stereocenters. The number of carboxylic acid groups (broad SMARTS) is 1. The third-order valence-electron chi connectivity index (χ3n) is 4.91. The number of carboxylic acids is 1. The van der Waals surface area contributed by atoms with Crippen LogP contribution in [0.1, 0.15) is 39.0 Å². The molecule has 114 valence electrons. The van der Waals surface area contributed by atoms with E-state index in [-0.39, 0.29) is 11.8 Å². The SMILES string of the molecule is CC1CCC(N(C)C(=O)CN2CC[C@H](C(=O)O)C2)CC1. The highest BCUT2D eigenvalue weighted by atomic mass is 16.4. The van der Waals surface area contributed by atoms with Crippen LogP contribution in [0.4, 0.5) is 0 Å². The fourth-order valence-corrected chi connectivity index (χ4v) is 3.31. The topological polar surface area (TPSA) is 60.9 Å². The Labute approximate surface area is 120 Å². The van der Waals surface area contributed by atoms with E-state index in [9.17, 15) is 9.59 Å². The predicted molar refractivity (Wildman–Crippen MR) is 76.4 cm³/mol. The van der Waals surface area contributed by atoms with Crippen molar-refractivity contribution in [2.75, 3.05) is 26.7 Å². The molecule has 1 atom stereocenters. The Balaban J connectivity index is 1.78. The molecule has 1 heterocycles. The summed E-state index contributed by atoms with van der Waals surface area (Å²) in [6.45, 7) is 3.87. The fraction of sp³-hybridized carbons (Fsp3) is 0.867. The molecule has 1 amide bonds. The van der Waals surface area contributed by atoms with Gasteiger partial charge in [0.15, 0.2) is 0 Å². The maximum atomic E-state index is 12.3. The lowest BCUT2D eigenvalue weighted by molar-refractivity contribution is -0.141. The van der Waals surface area contributed by atoms with Crippen LogP contribution in [0, 0.1) is 11.8 Å². The van der Waals surface area contributed by atoms with E-state index in [4.69, 9.17) is 5.11 Å². The summed E-state index contributed by atoms with van der Waals surface area (Å²) in [4.78, 5) is 27.1. The molecular weight excluding hydrogens is 256 g/mol. The Morgan fingerprint density at radius 2 is 1.85 bits per heavy atom. The molecule has 1 aliphatic heterocycles. The predicted octanol–water partition coefficient (Wildman–Crippen LogP) is 1.43. The van der Waals surface area contributed by atoms with Gasteiger partial charge in [-0.15, -0.1) is 0 Å². The minimum atomic E-state index is -0.741. The van der Waals surface area contributed by atoms with Crippen LogP contribution in [-0.4, -0.2) is 59.5 Å². The Morgan fingerprint density at radius 1 is 1.20 bits per heavy atom. The Hall–Kier alpha value is -1.10. The van der Waals surface area contributed by atoms with Crippen molar-refractivity contribution in [2.45, 2.75) is 45.1 Å². The Morgan fingerprint density at radius 3 is 2.40 bits per heavy atom. The molecule has 1 saturated heterocycles. The Bertz CT molecular complexity index is 364. The van der Waals surface area contributed by atoms with Gasteiger partial charge in [-0.1, -0.05) is 6.92 Å². The normalized spacial score (nSPS) is 31.2. The van der Waals surface area contributed by atoms with Crippen LogP contribution in [0.15, 0.2) is 0 Å². The minimum Gasteiger partial charge on any atom is -0.481 e. The van der Waals surface area contributed by atoms with E-state index in [1.807, 2.05) is 16.8 Å². The molecule has 0 aromatic rings. The number of likely N-dealkylation sites (tertiary alicyclic amines) is 1. The largest absolute Gasteiger partial charge is 0.481 e. The highest BCUT2D eigenvalue weighted by Gasteiger charge is 2.31. The average Bonchev–Trinajstić information content (AvgIpc) is 2.87. The number of hydrogen-bond acceptors (Lipinski definition) is 3. The summed E-state index contributed by atoms with van der Waals surface area (Å²) in [5.74, 6) is -0.126. The van der Waals surface area contributed by atoms with Gasteiger partial charge in [0.25, 0.3) is 0 Å². The van der Waals surface area contributed by atoms with Crippen LogP contribution in [0.2, 0.25) is 0 Å². The standard InChI is InChI=1S/C15H26N2O3/c1-11-3-5-13(6-4-11)16(2)14(18)10-17-8-7-12(9-17)15(19)20/h11-13H,3-10H2,1-2H3,(H,19,20)/t11?,12-,13?/m0/s1. The van der Waals surface area contributed by atoms with E-state index in [0.29, 0.717) is 25.6 Å². The van der Waals surface area contributed by atoms with Crippen molar-refractivity contribution in [2.24, 2.45) is 11.8 Å². The van der Waals surface area contributed by atoms with Crippen molar-refractivity contribution in [3.63, 3.8) is 0 Å². The minimum absolute atomic E-state index is 0.135. The lowest BCUT2D eigenvalue weighted by Crippen LogP contribution is -2.44. The fourth-order valence-electron chi connectivity index (χ4n) is 3.31. The molecule has 5 heteroatoms. The van der Waals surface area contributed by atoms with Crippen LogP contribution in [0.25, 0.3) is 0 Å². The number of hydrogen-bond donors (Lipinski definition) is 1. The van der Waals surface area contributed by atoms with Gasteiger partial charge in [-0.3, -0.25) is 14.5 Å². The first-order valence-electron chi connectivity index (χ1n) is 7.68. The summed E-state index contributed by atoms with van der Waals surface area (Å²) in [7, 11) is 1.90. The molecule has 2 aliphatic rings. The van der Waals surface area contributed by atoms with Gasteiger partial charge >= 0.3 is 5.97 Å². The van der Waals surface area contributed by atoms with Crippen LogP contribution < -0.4 is 0 Å². The second-order valence-electron chi connectivity index (χ2n) is 6.48.